The molecule has 0 spiro atoms. The summed E-state index contributed by atoms with van der Waals surface area (Å²) in [5.74, 6) is 0. The topological polar surface area (TPSA) is 378 Å². The van der Waals surface area contributed by atoms with Crippen LogP contribution in [0.15, 0.2) is 0 Å². The zero-order chi connectivity index (χ0) is 0. The van der Waals surface area contributed by atoms with Crippen molar-refractivity contribution in [3.63, 3.8) is 0 Å². The average molecular weight is 983 g/mol. The van der Waals surface area contributed by atoms with E-state index in [1.807, 2.05) is 0 Å². The summed E-state index contributed by atoms with van der Waals surface area (Å²) in [6, 6.07) is 0. The summed E-state index contributed by atoms with van der Waals surface area (Å²) in [6.45, 7) is 0. The van der Waals surface area contributed by atoms with Crippen molar-refractivity contribution < 1.29 is 266 Å². The van der Waals surface area contributed by atoms with E-state index in [9.17, 15) is 0 Å². The predicted octanol–water partition coefficient (Wildman–Crippen LogP) is -9.91. The Morgan fingerprint density at radius 2 is 0.150 bits per heavy atom. The van der Waals surface area contributed by atoms with Gasteiger partial charge in [-0.05, 0) is 0 Å². The van der Waals surface area contributed by atoms with Gasteiger partial charge in [-0.15, -0.1) is 0 Å². The predicted molar refractivity (Wildman–Crippen MR) is 43.4 cm³/mol. The van der Waals surface area contributed by atoms with Gasteiger partial charge in [0.1, 0.15) is 0 Å². The molecule has 0 aromatic heterocycles. The molecule has 0 fully saturated rings. The quantitative estimate of drug-likeness (QED) is 0.204. The third-order valence-corrected chi connectivity index (χ3v) is 0. The van der Waals surface area contributed by atoms with Crippen molar-refractivity contribution in [1.29, 1.82) is 0 Å². The molecule has 20 heavy (non-hydrogen) atoms. The van der Waals surface area contributed by atoms with Gasteiger partial charge in [-0.2, -0.15) is 0 Å². The molecule has 0 saturated carbocycles. The molecule has 0 unspecified atom stereocenters. The Bertz CT molecular complexity index is 27.1. The van der Waals surface area contributed by atoms with E-state index < -0.39 is 0 Å². The molecule has 0 aromatic carbocycles. The van der Waals surface area contributed by atoms with Gasteiger partial charge in [0, 0.05) is 200 Å². The van der Waals surface area contributed by atoms with Gasteiger partial charge in [0.25, 0.3) is 0 Å². The average Bonchev–Trinajstić information content (AvgIpc) is 0. The monoisotopic (exact) mass is 988 g/mol. The van der Waals surface area contributed by atoms with Gasteiger partial charge < -0.3 is 65.7 Å². The second-order valence-electron chi connectivity index (χ2n) is 0. The van der Waals surface area contributed by atoms with E-state index in [0.29, 0.717) is 0 Å². The van der Waals surface area contributed by atoms with Gasteiger partial charge in [0.05, 0.1) is 0 Å². The molecule has 0 aliphatic carbocycles. The fourth-order valence-electron chi connectivity index (χ4n) is 0. The maximum absolute atomic E-state index is 0. The first-order chi connectivity index (χ1) is 0. The Hall–Kier alpha value is 5.94. The minimum atomic E-state index is 0. The van der Waals surface area contributed by atoms with Crippen molar-refractivity contribution in [3.8, 4) is 0 Å². The molecule has 166 valence electrons. The molecule has 0 radical (unpaired) electrons. The molecule has 20 heteroatoms. The Kier molecular flexibility index (Phi) is 9280. The second kappa shape index (κ2) is 405. The van der Waals surface area contributed by atoms with Gasteiger partial charge in [-0.1, -0.05) is 0 Å². The molecule has 0 bridgehead atoms. The largest absolute Gasteiger partial charge is 0.412 e. The Balaban J connectivity index is 0. The first kappa shape index (κ1) is 458. The van der Waals surface area contributed by atoms with E-state index in [1.54, 1.807) is 0 Å². The first-order valence-electron chi connectivity index (χ1n) is 0. The molecular weight excluding hydrogens is 959 g/mol. The molecule has 0 aromatic rings. The van der Waals surface area contributed by atoms with Crippen LogP contribution in [0.4, 0.5) is 0 Å². The maximum Gasteiger partial charge on any atom is 0 e. The van der Waals surface area contributed by atoms with E-state index in [2.05, 4.69) is 0 Å². The summed E-state index contributed by atoms with van der Waals surface area (Å²) >= 11 is 0. The van der Waals surface area contributed by atoms with Crippen LogP contribution in [0.3, 0.4) is 0 Å². The van der Waals surface area contributed by atoms with E-state index in [1.165, 1.54) is 0 Å². The van der Waals surface area contributed by atoms with Gasteiger partial charge in [0.2, 0.25) is 0 Å². The van der Waals surface area contributed by atoms with Crippen molar-refractivity contribution >= 4 is 0 Å². The molecule has 12 nitrogen and oxygen atoms in total. The van der Waals surface area contributed by atoms with Crippen LogP contribution in [0.5, 0.6) is 0 Å². The van der Waals surface area contributed by atoms with E-state index in [-0.39, 0.29) is 266 Å². The number of hydrogen-bond donors (Lipinski definition) is 0. The van der Waals surface area contributed by atoms with Crippen molar-refractivity contribution in [2.45, 2.75) is 0 Å². The number of hydrogen-bond acceptors (Lipinski definition) is 0. The van der Waals surface area contributed by atoms with Crippen LogP contribution in [0, 0.1) is 115 Å². The van der Waals surface area contributed by atoms with Crippen LogP contribution in [0.2, 0.25) is 0 Å². The maximum atomic E-state index is 0. The molecule has 0 rings (SSSR count). The third-order valence-electron chi connectivity index (χ3n) is 0. The molecular formula is H24Dy3Fe5O12. The van der Waals surface area contributed by atoms with Gasteiger partial charge in [0.15, 0.2) is 0 Å². The zero-order valence-electron chi connectivity index (χ0n) is 8.72. The summed E-state index contributed by atoms with van der Waals surface area (Å²) in [5, 5.41) is 0. The van der Waals surface area contributed by atoms with E-state index in [0.717, 1.165) is 0 Å². The van der Waals surface area contributed by atoms with Crippen molar-refractivity contribution in [1.82, 2.24) is 0 Å². The second-order valence-corrected chi connectivity index (χ2v) is 0. The number of rotatable bonds is 0. The van der Waals surface area contributed by atoms with Gasteiger partial charge in [-0.3, -0.25) is 0 Å². The zero-order valence-corrected chi connectivity index (χ0v) is 20.3. The van der Waals surface area contributed by atoms with Crippen LogP contribution in [0.25, 0.3) is 0 Å². The van der Waals surface area contributed by atoms with Crippen LogP contribution < -0.4 is 0 Å². The Labute approximate surface area is 260 Å². The molecule has 0 aliphatic rings. The van der Waals surface area contributed by atoms with E-state index in [4.69, 9.17) is 0 Å². The Morgan fingerprint density at radius 3 is 0.150 bits per heavy atom. The molecule has 0 aliphatic heterocycles. The van der Waals surface area contributed by atoms with Crippen LogP contribution in [-0.4, -0.2) is 65.7 Å². The fourth-order valence-corrected chi connectivity index (χ4v) is 0. The minimum absolute atomic E-state index is 0. The van der Waals surface area contributed by atoms with Crippen LogP contribution >= 0.6 is 0 Å². The molecule has 24 N–H and O–H groups in total. The molecule has 0 atom stereocenters. The SMILES string of the molecule is O.O.O.O.O.O.O.O.O.O.O.O.[Dy].[Dy].[Dy].[Fe].[Fe].[Fe].[Fe].[Fe]. The van der Waals surface area contributed by atoms with E-state index >= 15 is 0 Å². The molecule has 0 heterocycles. The Morgan fingerprint density at radius 1 is 0.150 bits per heavy atom. The summed E-state index contributed by atoms with van der Waals surface area (Å²) < 4.78 is 0. The van der Waals surface area contributed by atoms with Crippen LogP contribution in [0.1, 0.15) is 0 Å². The van der Waals surface area contributed by atoms with Crippen molar-refractivity contribution in [2.75, 3.05) is 0 Å². The summed E-state index contributed by atoms with van der Waals surface area (Å²) in [4.78, 5) is 0. The normalized spacial score (nSPS) is 0. The van der Waals surface area contributed by atoms with Crippen molar-refractivity contribution in [3.05, 3.63) is 0 Å². The minimum Gasteiger partial charge on any atom is -0.412 e. The van der Waals surface area contributed by atoms with Gasteiger partial charge in [-0.25, -0.2) is 0 Å². The smallest absolute Gasteiger partial charge is 0 e. The standard InChI is InChI=1S/3Dy.5Fe.12H2O/h;;;;;;;;12*1H2. The molecule has 0 saturated heterocycles. The first-order valence-corrected chi connectivity index (χ1v) is 0. The summed E-state index contributed by atoms with van der Waals surface area (Å²) in [6.07, 6.45) is 0. The van der Waals surface area contributed by atoms with Crippen LogP contribution in [-0.2, 0) is 85.3 Å². The van der Waals surface area contributed by atoms with Gasteiger partial charge >= 0.3 is 0 Å². The van der Waals surface area contributed by atoms with Crippen molar-refractivity contribution in [2.24, 2.45) is 0 Å². The fraction of sp³-hybridized carbons (Fsp3) is 0. The third kappa shape index (κ3) is 357. The summed E-state index contributed by atoms with van der Waals surface area (Å²) in [5.41, 5.74) is 0. The summed E-state index contributed by atoms with van der Waals surface area (Å²) in [7, 11) is 0. The molecule has 0 amide bonds.